The van der Waals surface area contributed by atoms with Crippen molar-refractivity contribution < 1.29 is 43.1 Å². The van der Waals surface area contributed by atoms with E-state index in [2.05, 4.69) is 0 Å². The maximum Gasteiger partial charge on any atom is 0.342 e. The number of cyclic esters (lactones) is 1. The number of hydrogen-bond donors (Lipinski definition) is 1. The lowest BCUT2D eigenvalue weighted by Gasteiger charge is -2.21. The Bertz CT molecular complexity index is 893. The molecule has 0 saturated carbocycles. The van der Waals surface area contributed by atoms with E-state index in [1.54, 1.807) is 37.3 Å². The molecule has 1 N–H and O–H groups in total. The van der Waals surface area contributed by atoms with E-state index in [4.69, 9.17) is 33.2 Å². The average molecular weight is 479 g/mol. The molecule has 2 aliphatic rings. The van der Waals surface area contributed by atoms with Gasteiger partial charge in [0.2, 0.25) is 0 Å². The molecule has 0 aliphatic carbocycles. The van der Waals surface area contributed by atoms with E-state index in [0.29, 0.717) is 24.2 Å². The van der Waals surface area contributed by atoms with E-state index in [9.17, 15) is 9.90 Å². The van der Waals surface area contributed by atoms with Crippen molar-refractivity contribution in [1.29, 1.82) is 0 Å². The van der Waals surface area contributed by atoms with E-state index < -0.39 is 30.1 Å². The van der Waals surface area contributed by atoms with E-state index in [-0.39, 0.29) is 31.0 Å². The Hall–Kier alpha value is -2.43. The predicted molar refractivity (Wildman–Crippen MR) is 124 cm³/mol. The van der Waals surface area contributed by atoms with Crippen LogP contribution in [0.3, 0.4) is 0 Å². The zero-order chi connectivity index (χ0) is 24.7. The highest BCUT2D eigenvalue weighted by Crippen LogP contribution is 2.34. The van der Waals surface area contributed by atoms with Gasteiger partial charge in [-0.25, -0.2) is 4.79 Å². The van der Waals surface area contributed by atoms with E-state index >= 15 is 0 Å². The zero-order valence-electron chi connectivity index (χ0n) is 20.3. The summed E-state index contributed by atoms with van der Waals surface area (Å²) < 4.78 is 39.0. The highest BCUT2D eigenvalue weighted by molar-refractivity contribution is 5.97. The second-order valence-corrected chi connectivity index (χ2v) is 8.63. The summed E-state index contributed by atoms with van der Waals surface area (Å²) >= 11 is 0. The summed E-state index contributed by atoms with van der Waals surface area (Å²) in [5, 5.41) is 10.7. The molecule has 1 saturated heterocycles. The first-order valence-electron chi connectivity index (χ1n) is 11.2. The molecule has 0 aromatic heterocycles. The summed E-state index contributed by atoms with van der Waals surface area (Å²) in [6.07, 6.45) is 5.72. The summed E-state index contributed by atoms with van der Waals surface area (Å²) in [5.41, 5.74) is 0.797. The van der Waals surface area contributed by atoms with Gasteiger partial charge in [0.15, 0.2) is 19.4 Å². The molecule has 1 fully saturated rings. The van der Waals surface area contributed by atoms with Gasteiger partial charge in [0.05, 0.1) is 6.10 Å². The summed E-state index contributed by atoms with van der Waals surface area (Å²) in [6.45, 7) is 5.39. The Morgan fingerprint density at radius 2 is 1.79 bits per heavy atom. The maximum absolute atomic E-state index is 13.2. The number of methoxy groups -OCH3 is 2. The largest absolute Gasteiger partial charge is 0.467 e. The Balaban J connectivity index is 2.03. The first-order chi connectivity index (χ1) is 16.2. The minimum absolute atomic E-state index is 0.0297. The molecule has 34 heavy (non-hydrogen) atoms. The van der Waals surface area contributed by atoms with Gasteiger partial charge >= 0.3 is 5.97 Å². The number of ether oxygens (including phenoxy) is 7. The number of fused-ring (bicyclic) bond motifs is 2. The molecule has 9 nitrogen and oxygen atoms in total. The van der Waals surface area contributed by atoms with Crippen molar-refractivity contribution >= 4 is 12.0 Å². The highest BCUT2D eigenvalue weighted by atomic mass is 16.8. The fraction of sp³-hybridized carbons (Fsp3) is 0.560. The van der Waals surface area contributed by atoms with Crippen LogP contribution in [0.4, 0.5) is 0 Å². The Morgan fingerprint density at radius 1 is 1.06 bits per heavy atom. The molecule has 0 bridgehead atoms. The molecular formula is C25H34O9. The second kappa shape index (κ2) is 11.8. The van der Waals surface area contributed by atoms with Crippen molar-refractivity contribution in [2.75, 3.05) is 27.8 Å². The van der Waals surface area contributed by atoms with Crippen molar-refractivity contribution in [2.45, 2.75) is 63.8 Å². The Kier molecular flexibility index (Phi) is 9.10. The molecule has 2 aliphatic heterocycles. The van der Waals surface area contributed by atoms with E-state index in [1.807, 2.05) is 19.9 Å². The number of benzene rings is 1. The standard InChI is InChI=1S/C25H34O9/c1-16-8-6-10-19(26)23-20(33-25(2,3)34-23)11-7-9-17-12-18(30-14-28-4)13-21(31-15-29-5)22(17)24(27)32-16/h6-7,9-10,12-13,16,19-20,23,26H,8,11,14-15H2,1-5H3/b9-7+,10-6-/t16-,19?,20-,23+/m0/s1. The zero-order valence-corrected chi connectivity index (χ0v) is 20.3. The van der Waals surface area contributed by atoms with Crippen LogP contribution in [0.1, 0.15) is 49.5 Å². The number of hydrogen-bond acceptors (Lipinski definition) is 9. The van der Waals surface area contributed by atoms with Gasteiger partial charge in [0, 0.05) is 26.7 Å². The topological polar surface area (TPSA) is 102 Å². The predicted octanol–water partition coefficient (Wildman–Crippen LogP) is 3.44. The fourth-order valence-corrected chi connectivity index (χ4v) is 3.88. The molecule has 0 radical (unpaired) electrons. The van der Waals surface area contributed by atoms with Crippen LogP contribution in [0.15, 0.2) is 30.4 Å². The van der Waals surface area contributed by atoms with Gasteiger partial charge in [0.1, 0.15) is 35.4 Å². The lowest BCUT2D eigenvalue weighted by Crippen LogP contribution is -2.34. The van der Waals surface area contributed by atoms with Crippen molar-refractivity contribution in [3.8, 4) is 11.5 Å². The smallest absolute Gasteiger partial charge is 0.342 e. The van der Waals surface area contributed by atoms with Crippen molar-refractivity contribution in [3.63, 3.8) is 0 Å². The minimum atomic E-state index is -0.860. The van der Waals surface area contributed by atoms with Crippen LogP contribution in [0.2, 0.25) is 0 Å². The minimum Gasteiger partial charge on any atom is -0.467 e. The first-order valence-corrected chi connectivity index (χ1v) is 11.2. The SMILES string of the molecule is COCOc1cc2c(c(OCOC)c1)C(=O)O[C@@H](C)C/C=C\C(O)[C@H]1OC(C)(C)O[C@H]1C/C=C/2. The molecule has 4 atom stereocenters. The Morgan fingerprint density at radius 3 is 2.53 bits per heavy atom. The van der Waals surface area contributed by atoms with Gasteiger partial charge in [-0.3, -0.25) is 0 Å². The summed E-state index contributed by atoms with van der Waals surface area (Å²) in [5.74, 6) is -0.638. The third kappa shape index (κ3) is 6.80. The number of aliphatic hydroxyl groups excluding tert-OH is 1. The van der Waals surface area contributed by atoms with Crippen LogP contribution in [0, 0.1) is 0 Å². The number of carbonyl (C=O) groups excluding carboxylic acids is 1. The molecule has 0 spiro atoms. The second-order valence-electron chi connectivity index (χ2n) is 8.63. The number of rotatable bonds is 6. The molecule has 3 rings (SSSR count). The van der Waals surface area contributed by atoms with Crippen molar-refractivity contribution in [1.82, 2.24) is 0 Å². The molecule has 2 heterocycles. The van der Waals surface area contributed by atoms with Crippen LogP contribution >= 0.6 is 0 Å². The quantitative estimate of drug-likeness (QED) is 0.374. The van der Waals surface area contributed by atoms with Crippen molar-refractivity contribution in [3.05, 3.63) is 41.5 Å². The van der Waals surface area contributed by atoms with Gasteiger partial charge in [0.25, 0.3) is 0 Å². The van der Waals surface area contributed by atoms with Gasteiger partial charge < -0.3 is 38.3 Å². The highest BCUT2D eigenvalue weighted by Gasteiger charge is 2.43. The molecule has 1 aromatic carbocycles. The lowest BCUT2D eigenvalue weighted by atomic mass is 10.0. The normalized spacial score (nSPS) is 28.7. The van der Waals surface area contributed by atoms with Crippen LogP contribution < -0.4 is 9.47 Å². The van der Waals surface area contributed by atoms with Crippen LogP contribution in [0.25, 0.3) is 6.08 Å². The van der Waals surface area contributed by atoms with Crippen LogP contribution in [-0.4, -0.2) is 69.1 Å². The summed E-state index contributed by atoms with van der Waals surface area (Å²) in [6, 6.07) is 3.31. The number of aliphatic hydroxyl groups is 1. The van der Waals surface area contributed by atoms with Crippen molar-refractivity contribution in [2.24, 2.45) is 0 Å². The van der Waals surface area contributed by atoms with E-state index in [1.165, 1.54) is 14.2 Å². The van der Waals surface area contributed by atoms with Gasteiger partial charge in [-0.2, -0.15) is 0 Å². The molecule has 9 heteroatoms. The molecule has 1 unspecified atom stereocenters. The molecule has 0 amide bonds. The molecule has 188 valence electrons. The Labute approximate surface area is 200 Å². The van der Waals surface area contributed by atoms with Gasteiger partial charge in [-0.1, -0.05) is 24.3 Å². The van der Waals surface area contributed by atoms with Crippen LogP contribution in [0.5, 0.6) is 11.5 Å². The van der Waals surface area contributed by atoms with E-state index in [0.717, 1.165) is 0 Å². The summed E-state index contributed by atoms with van der Waals surface area (Å²) in [7, 11) is 3.01. The monoisotopic (exact) mass is 478 g/mol. The third-order valence-electron chi connectivity index (χ3n) is 5.32. The third-order valence-corrected chi connectivity index (χ3v) is 5.32. The average Bonchev–Trinajstić information content (AvgIpc) is 3.09. The fourth-order valence-electron chi connectivity index (χ4n) is 3.88. The molecule has 1 aromatic rings. The molecular weight excluding hydrogens is 444 g/mol. The number of esters is 1. The van der Waals surface area contributed by atoms with Crippen LogP contribution in [-0.2, 0) is 23.7 Å². The van der Waals surface area contributed by atoms with Gasteiger partial charge in [-0.15, -0.1) is 0 Å². The number of carbonyl (C=O) groups is 1. The summed E-state index contributed by atoms with van der Waals surface area (Å²) in [4.78, 5) is 13.2. The maximum atomic E-state index is 13.2. The lowest BCUT2D eigenvalue weighted by molar-refractivity contribution is -0.152. The first kappa shape index (κ1) is 26.2. The van der Waals surface area contributed by atoms with Gasteiger partial charge in [-0.05, 0) is 38.8 Å².